The van der Waals surface area contributed by atoms with Gasteiger partial charge in [0.25, 0.3) is 0 Å². The lowest BCUT2D eigenvalue weighted by Gasteiger charge is -2.31. The zero-order chi connectivity index (χ0) is 15.4. The number of hydrogen-bond donors (Lipinski definition) is 1. The predicted octanol–water partition coefficient (Wildman–Crippen LogP) is 3.11. The number of likely N-dealkylation sites (tertiary alicyclic amines) is 1. The van der Waals surface area contributed by atoms with Crippen molar-refractivity contribution in [2.45, 2.75) is 25.8 Å². The van der Waals surface area contributed by atoms with Gasteiger partial charge in [-0.15, -0.1) is 11.3 Å². The van der Waals surface area contributed by atoms with E-state index in [2.05, 4.69) is 27.8 Å². The molecule has 1 N–H and O–H groups in total. The molecule has 2 heterocycles. The van der Waals surface area contributed by atoms with E-state index in [0.29, 0.717) is 13.1 Å². The molecular formula is C15H19BrN2O2S. The summed E-state index contributed by atoms with van der Waals surface area (Å²) in [6.07, 6.45) is 3.00. The van der Waals surface area contributed by atoms with Gasteiger partial charge in [0.2, 0.25) is 11.8 Å². The molecule has 0 saturated carbocycles. The van der Waals surface area contributed by atoms with Gasteiger partial charge in [-0.25, -0.2) is 0 Å². The summed E-state index contributed by atoms with van der Waals surface area (Å²) in [6, 6.07) is 3.97. The molecule has 0 spiro atoms. The molecule has 1 saturated heterocycles. The highest BCUT2D eigenvalue weighted by atomic mass is 79.9. The van der Waals surface area contributed by atoms with Crippen molar-refractivity contribution in [1.29, 1.82) is 0 Å². The molecule has 0 bridgehead atoms. The summed E-state index contributed by atoms with van der Waals surface area (Å²) in [7, 11) is 0. The molecule has 1 unspecified atom stereocenters. The van der Waals surface area contributed by atoms with Gasteiger partial charge in [0.1, 0.15) is 0 Å². The van der Waals surface area contributed by atoms with E-state index in [4.69, 9.17) is 0 Å². The van der Waals surface area contributed by atoms with Gasteiger partial charge < -0.3 is 10.2 Å². The zero-order valence-electron chi connectivity index (χ0n) is 12.0. The number of nitrogens with one attached hydrogen (secondary N) is 1. The minimum absolute atomic E-state index is 0.0146. The third kappa shape index (κ3) is 4.17. The minimum Gasteiger partial charge on any atom is -0.348 e. The Labute approximate surface area is 137 Å². The molecule has 0 radical (unpaired) electrons. The maximum absolute atomic E-state index is 12.4. The predicted molar refractivity (Wildman–Crippen MR) is 88.1 cm³/mol. The van der Waals surface area contributed by atoms with Crippen molar-refractivity contribution in [2.75, 3.05) is 13.1 Å². The number of halogens is 1. The first-order chi connectivity index (χ1) is 10.0. The van der Waals surface area contributed by atoms with Gasteiger partial charge in [-0.2, -0.15) is 0 Å². The molecule has 2 rings (SSSR count). The van der Waals surface area contributed by atoms with Crippen LogP contribution in [0.2, 0.25) is 0 Å². The first-order valence-corrected chi connectivity index (χ1v) is 8.59. The van der Waals surface area contributed by atoms with Crippen LogP contribution in [0.15, 0.2) is 28.6 Å². The highest BCUT2D eigenvalue weighted by Crippen LogP contribution is 2.27. The van der Waals surface area contributed by atoms with E-state index in [9.17, 15) is 9.59 Å². The molecule has 2 atom stereocenters. The van der Waals surface area contributed by atoms with Gasteiger partial charge in [0.05, 0.1) is 15.7 Å². The molecule has 1 aliphatic rings. The van der Waals surface area contributed by atoms with E-state index >= 15 is 0 Å². The second-order valence-corrected chi connectivity index (χ2v) is 7.69. The minimum atomic E-state index is -0.131. The molecule has 1 aromatic rings. The third-order valence-electron chi connectivity index (χ3n) is 3.66. The van der Waals surface area contributed by atoms with Crippen LogP contribution in [0.3, 0.4) is 0 Å². The molecule has 0 aromatic carbocycles. The first-order valence-electron chi connectivity index (χ1n) is 6.98. The van der Waals surface area contributed by atoms with Crippen LogP contribution in [0.5, 0.6) is 0 Å². The van der Waals surface area contributed by atoms with Crippen LogP contribution >= 0.6 is 27.3 Å². The van der Waals surface area contributed by atoms with Crippen LogP contribution in [-0.4, -0.2) is 29.8 Å². The second-order valence-electron chi connectivity index (χ2n) is 5.20. The Morgan fingerprint density at radius 1 is 1.57 bits per heavy atom. The summed E-state index contributed by atoms with van der Waals surface area (Å²) in [5, 5.41) is 3.04. The van der Waals surface area contributed by atoms with E-state index in [-0.39, 0.29) is 23.8 Å². The van der Waals surface area contributed by atoms with Crippen LogP contribution in [0, 0.1) is 5.92 Å². The van der Waals surface area contributed by atoms with Crippen molar-refractivity contribution in [3.8, 4) is 0 Å². The van der Waals surface area contributed by atoms with E-state index in [1.165, 1.54) is 6.08 Å². The summed E-state index contributed by atoms with van der Waals surface area (Å²) >= 11 is 5.04. The normalized spacial score (nSPS) is 19.9. The summed E-state index contributed by atoms with van der Waals surface area (Å²) in [5.74, 6) is -0.204. The Balaban J connectivity index is 1.93. The van der Waals surface area contributed by atoms with Crippen LogP contribution in [-0.2, 0) is 9.59 Å². The second kappa shape index (κ2) is 7.22. The van der Waals surface area contributed by atoms with Gasteiger partial charge in [-0.3, -0.25) is 9.59 Å². The highest BCUT2D eigenvalue weighted by Gasteiger charge is 2.28. The van der Waals surface area contributed by atoms with Crippen molar-refractivity contribution in [2.24, 2.45) is 5.92 Å². The molecule has 21 heavy (non-hydrogen) atoms. The lowest BCUT2D eigenvalue weighted by molar-refractivity contribution is -0.132. The monoisotopic (exact) mass is 370 g/mol. The standard InChI is InChI=1S/C15H19BrN2O2S/c1-3-14(19)18-8-4-5-11(9-18)15(20)17-10(2)12-6-7-13(16)21-12/h3,6-7,10-11H,1,4-5,8-9H2,2H3,(H,17,20)/t10-,11?/m0/s1. The first kappa shape index (κ1) is 16.2. The molecule has 1 aromatic heterocycles. The number of nitrogens with zero attached hydrogens (tertiary/aromatic N) is 1. The maximum atomic E-state index is 12.4. The lowest BCUT2D eigenvalue weighted by atomic mass is 9.96. The number of carbonyl (C=O) groups excluding carboxylic acids is 2. The largest absolute Gasteiger partial charge is 0.348 e. The topological polar surface area (TPSA) is 49.4 Å². The highest BCUT2D eigenvalue weighted by molar-refractivity contribution is 9.11. The Bertz CT molecular complexity index is 544. The smallest absolute Gasteiger partial charge is 0.245 e. The maximum Gasteiger partial charge on any atom is 0.245 e. The van der Waals surface area contributed by atoms with Crippen molar-refractivity contribution >= 4 is 39.1 Å². The summed E-state index contributed by atoms with van der Waals surface area (Å²) in [5.41, 5.74) is 0. The molecular weight excluding hydrogens is 352 g/mol. The summed E-state index contributed by atoms with van der Waals surface area (Å²) < 4.78 is 1.05. The fourth-order valence-electron chi connectivity index (χ4n) is 2.48. The molecule has 1 aliphatic heterocycles. The number of rotatable bonds is 4. The van der Waals surface area contributed by atoms with Crippen LogP contribution in [0.4, 0.5) is 0 Å². The van der Waals surface area contributed by atoms with Gasteiger partial charge in [-0.05, 0) is 53.9 Å². The van der Waals surface area contributed by atoms with Gasteiger partial charge in [0.15, 0.2) is 0 Å². The molecule has 1 fully saturated rings. The van der Waals surface area contributed by atoms with Crippen LogP contribution < -0.4 is 5.32 Å². The van der Waals surface area contributed by atoms with E-state index in [1.807, 2.05) is 19.1 Å². The summed E-state index contributed by atoms with van der Waals surface area (Å²) in [6.45, 7) is 6.67. The SMILES string of the molecule is C=CC(=O)N1CCCC(C(=O)N[C@@H](C)c2ccc(Br)s2)C1. The summed E-state index contributed by atoms with van der Waals surface area (Å²) in [4.78, 5) is 26.8. The molecule has 4 nitrogen and oxygen atoms in total. The number of carbonyl (C=O) groups is 2. The average Bonchev–Trinajstić information content (AvgIpc) is 2.93. The van der Waals surface area contributed by atoms with Crippen LogP contribution in [0.25, 0.3) is 0 Å². The number of hydrogen-bond acceptors (Lipinski definition) is 3. The fraction of sp³-hybridized carbons (Fsp3) is 0.467. The number of thiophene rings is 1. The van der Waals surface area contributed by atoms with Crippen molar-refractivity contribution in [3.63, 3.8) is 0 Å². The molecule has 2 amide bonds. The number of piperidine rings is 1. The van der Waals surface area contributed by atoms with Gasteiger partial charge in [0, 0.05) is 18.0 Å². The lowest BCUT2D eigenvalue weighted by Crippen LogP contribution is -2.45. The van der Waals surface area contributed by atoms with E-state index in [1.54, 1.807) is 16.2 Å². The Morgan fingerprint density at radius 2 is 2.33 bits per heavy atom. The third-order valence-corrected chi connectivity index (χ3v) is 5.46. The van der Waals surface area contributed by atoms with Gasteiger partial charge >= 0.3 is 0 Å². The van der Waals surface area contributed by atoms with E-state index < -0.39 is 0 Å². The zero-order valence-corrected chi connectivity index (χ0v) is 14.4. The quantitative estimate of drug-likeness (QED) is 0.827. The Kier molecular flexibility index (Phi) is 5.58. The van der Waals surface area contributed by atoms with Crippen molar-refractivity contribution in [1.82, 2.24) is 10.2 Å². The molecule has 114 valence electrons. The Morgan fingerprint density at radius 3 is 2.95 bits per heavy atom. The van der Waals surface area contributed by atoms with Crippen molar-refractivity contribution in [3.05, 3.63) is 33.5 Å². The van der Waals surface area contributed by atoms with Gasteiger partial charge in [-0.1, -0.05) is 6.58 Å². The molecule has 0 aliphatic carbocycles. The Hall–Kier alpha value is -1.14. The molecule has 6 heteroatoms. The number of amides is 2. The van der Waals surface area contributed by atoms with Crippen molar-refractivity contribution < 1.29 is 9.59 Å². The van der Waals surface area contributed by atoms with E-state index in [0.717, 1.165) is 21.5 Å². The fourth-order valence-corrected chi connectivity index (χ4v) is 3.91. The van der Waals surface area contributed by atoms with Crippen LogP contribution in [0.1, 0.15) is 30.7 Å². The average molecular weight is 371 g/mol.